The normalized spacial score (nSPS) is 13.2. The third-order valence-corrected chi connectivity index (χ3v) is 3.84. The number of rotatable bonds is 8. The Morgan fingerprint density at radius 3 is 2.28 bits per heavy atom. The Bertz CT molecular complexity index is 765. The topological polar surface area (TPSA) is 38.4 Å². The van der Waals surface area contributed by atoms with Gasteiger partial charge in [0.2, 0.25) is 0 Å². The lowest BCUT2D eigenvalue weighted by atomic mass is 10.0. The van der Waals surface area contributed by atoms with Crippen LogP contribution < -0.4 is 5.73 Å². The number of allylic oxidation sites excluding steroid dienone is 5. The second-order valence-electron chi connectivity index (χ2n) is 5.60. The molecule has 0 fully saturated rings. The maximum absolute atomic E-state index is 5.50. The molecule has 0 aliphatic carbocycles. The van der Waals surface area contributed by atoms with Crippen LogP contribution in [-0.2, 0) is 6.42 Å². The Morgan fingerprint density at radius 2 is 1.68 bits per heavy atom. The van der Waals surface area contributed by atoms with Gasteiger partial charge in [-0.15, -0.1) is 0 Å². The zero-order valence-electron chi connectivity index (χ0n) is 14.4. The average molecular weight is 328 g/mol. The van der Waals surface area contributed by atoms with Crippen molar-refractivity contribution < 1.29 is 0 Å². The van der Waals surface area contributed by atoms with Crippen molar-refractivity contribution in [3.63, 3.8) is 0 Å². The van der Waals surface area contributed by atoms with Gasteiger partial charge in [-0.25, -0.2) is 0 Å². The van der Waals surface area contributed by atoms with Gasteiger partial charge in [0.1, 0.15) is 0 Å². The van der Waals surface area contributed by atoms with Gasteiger partial charge >= 0.3 is 0 Å². The second kappa shape index (κ2) is 9.89. The maximum atomic E-state index is 5.50. The highest BCUT2D eigenvalue weighted by Crippen LogP contribution is 2.20. The van der Waals surface area contributed by atoms with Crippen LogP contribution in [-0.4, -0.2) is 12.4 Å². The molecule has 2 N–H and O–H groups in total. The van der Waals surface area contributed by atoms with Gasteiger partial charge in [0.15, 0.2) is 0 Å². The van der Waals surface area contributed by atoms with Gasteiger partial charge in [-0.05, 0) is 28.7 Å². The number of benzene rings is 2. The van der Waals surface area contributed by atoms with Gasteiger partial charge in [-0.3, -0.25) is 4.99 Å². The van der Waals surface area contributed by atoms with Crippen LogP contribution in [0.5, 0.6) is 0 Å². The van der Waals surface area contributed by atoms with E-state index in [0.717, 1.165) is 12.0 Å². The predicted octanol–water partition coefficient (Wildman–Crippen LogP) is 5.11. The van der Waals surface area contributed by atoms with E-state index in [0.29, 0.717) is 0 Å². The predicted molar refractivity (Wildman–Crippen MR) is 110 cm³/mol. The highest BCUT2D eigenvalue weighted by atomic mass is 14.8. The summed E-state index contributed by atoms with van der Waals surface area (Å²) in [7, 11) is 0. The summed E-state index contributed by atoms with van der Waals surface area (Å²) >= 11 is 0. The molecule has 2 nitrogen and oxygen atoms in total. The highest BCUT2D eigenvalue weighted by molar-refractivity contribution is 5.63. The lowest BCUT2D eigenvalue weighted by Crippen LogP contribution is -2.07. The fourth-order valence-electron chi connectivity index (χ4n) is 2.54. The SMILES string of the molecule is C=C/C=C(C=C)/C=C/C(Cc1ccc(-c2ccccc2)cc1)N=CN. The fraction of sp³-hybridized carbons (Fsp3) is 0.0870. The van der Waals surface area contributed by atoms with Crippen molar-refractivity contribution in [1.29, 1.82) is 0 Å². The molecule has 0 saturated heterocycles. The van der Waals surface area contributed by atoms with E-state index in [2.05, 4.69) is 54.5 Å². The minimum Gasteiger partial charge on any atom is -0.390 e. The van der Waals surface area contributed by atoms with Crippen molar-refractivity contribution in [1.82, 2.24) is 0 Å². The Kier molecular flexibility index (Phi) is 7.20. The summed E-state index contributed by atoms with van der Waals surface area (Å²) in [5.41, 5.74) is 10.1. The van der Waals surface area contributed by atoms with E-state index in [4.69, 9.17) is 5.73 Å². The van der Waals surface area contributed by atoms with E-state index in [1.165, 1.54) is 23.0 Å². The molecule has 0 saturated carbocycles. The summed E-state index contributed by atoms with van der Waals surface area (Å²) in [5.74, 6) is 0. The smallest absolute Gasteiger partial charge is 0.0805 e. The molecule has 126 valence electrons. The van der Waals surface area contributed by atoms with E-state index in [9.17, 15) is 0 Å². The van der Waals surface area contributed by atoms with Gasteiger partial charge < -0.3 is 5.73 Å². The molecule has 0 aromatic heterocycles. The molecule has 2 rings (SSSR count). The molecule has 1 unspecified atom stereocenters. The summed E-state index contributed by atoms with van der Waals surface area (Å²) in [6, 6.07) is 18.9. The monoisotopic (exact) mass is 328 g/mol. The fourth-order valence-corrected chi connectivity index (χ4v) is 2.54. The summed E-state index contributed by atoms with van der Waals surface area (Å²) in [6.07, 6.45) is 11.6. The molecule has 25 heavy (non-hydrogen) atoms. The lowest BCUT2D eigenvalue weighted by Gasteiger charge is -2.09. The maximum Gasteiger partial charge on any atom is 0.0805 e. The molecule has 0 amide bonds. The standard InChI is InChI=1S/C23H24N2/c1-3-8-19(4-2)13-16-23(25-18-24)17-20-11-14-22(15-12-20)21-9-6-5-7-10-21/h3-16,18,23H,1-2,17H2,(H2,24,25)/b16-13+,19-8+. The minimum absolute atomic E-state index is 0.0132. The molecule has 2 aromatic carbocycles. The summed E-state index contributed by atoms with van der Waals surface area (Å²) < 4.78 is 0. The Balaban J connectivity index is 2.11. The zero-order valence-corrected chi connectivity index (χ0v) is 14.4. The van der Waals surface area contributed by atoms with E-state index < -0.39 is 0 Å². The third-order valence-electron chi connectivity index (χ3n) is 3.84. The molecule has 1 atom stereocenters. The summed E-state index contributed by atoms with van der Waals surface area (Å²) in [5, 5.41) is 0. The van der Waals surface area contributed by atoms with Crippen molar-refractivity contribution in [2.45, 2.75) is 12.5 Å². The molecule has 2 heteroatoms. The van der Waals surface area contributed by atoms with Gasteiger partial charge in [0.25, 0.3) is 0 Å². The molecule has 0 spiro atoms. The van der Waals surface area contributed by atoms with Gasteiger partial charge in [0, 0.05) is 0 Å². The van der Waals surface area contributed by atoms with Gasteiger partial charge in [-0.1, -0.05) is 98.1 Å². The van der Waals surface area contributed by atoms with Gasteiger partial charge in [0.05, 0.1) is 12.4 Å². The first-order valence-electron chi connectivity index (χ1n) is 8.28. The van der Waals surface area contributed by atoms with Crippen molar-refractivity contribution in [3.05, 3.63) is 109 Å². The number of hydrogen-bond donors (Lipinski definition) is 1. The van der Waals surface area contributed by atoms with Crippen LogP contribution >= 0.6 is 0 Å². The van der Waals surface area contributed by atoms with E-state index >= 15 is 0 Å². The largest absolute Gasteiger partial charge is 0.390 e. The Hall–Kier alpha value is -3.13. The first kappa shape index (κ1) is 18.2. The molecule has 0 bridgehead atoms. The summed E-state index contributed by atoms with van der Waals surface area (Å²) in [6.45, 7) is 7.50. The van der Waals surface area contributed by atoms with E-state index in [1.54, 1.807) is 12.2 Å². The van der Waals surface area contributed by atoms with E-state index in [1.807, 2.05) is 36.4 Å². The summed E-state index contributed by atoms with van der Waals surface area (Å²) in [4.78, 5) is 4.35. The van der Waals surface area contributed by atoms with Crippen molar-refractivity contribution in [3.8, 4) is 11.1 Å². The van der Waals surface area contributed by atoms with Crippen molar-refractivity contribution in [2.75, 3.05) is 0 Å². The lowest BCUT2D eigenvalue weighted by molar-refractivity contribution is 0.814. The quantitative estimate of drug-likeness (QED) is 0.408. The molecule has 0 aliphatic rings. The van der Waals surface area contributed by atoms with Crippen molar-refractivity contribution in [2.24, 2.45) is 10.7 Å². The Morgan fingerprint density at radius 1 is 1.00 bits per heavy atom. The zero-order chi connectivity index (χ0) is 17.9. The average Bonchev–Trinajstić information content (AvgIpc) is 2.66. The molecular weight excluding hydrogens is 304 g/mol. The van der Waals surface area contributed by atoms with Crippen LogP contribution in [0.4, 0.5) is 0 Å². The number of nitrogens with zero attached hydrogens (tertiary/aromatic N) is 1. The van der Waals surface area contributed by atoms with Crippen LogP contribution in [0.25, 0.3) is 11.1 Å². The molecule has 2 aromatic rings. The molecule has 0 radical (unpaired) electrons. The van der Waals surface area contributed by atoms with Gasteiger partial charge in [-0.2, -0.15) is 0 Å². The van der Waals surface area contributed by atoms with Crippen LogP contribution in [0.1, 0.15) is 5.56 Å². The number of aliphatic imine (C=N–C) groups is 1. The molecular formula is C23H24N2. The third kappa shape index (κ3) is 5.78. The number of hydrogen-bond acceptors (Lipinski definition) is 1. The first-order valence-corrected chi connectivity index (χ1v) is 8.28. The molecule has 0 aliphatic heterocycles. The minimum atomic E-state index is -0.0132. The van der Waals surface area contributed by atoms with E-state index in [-0.39, 0.29) is 6.04 Å². The van der Waals surface area contributed by atoms with Crippen LogP contribution in [0.2, 0.25) is 0 Å². The number of nitrogens with two attached hydrogens (primary N) is 1. The van der Waals surface area contributed by atoms with Crippen LogP contribution in [0, 0.1) is 0 Å². The molecule has 0 heterocycles. The highest BCUT2D eigenvalue weighted by Gasteiger charge is 2.04. The first-order chi connectivity index (χ1) is 12.3. The van der Waals surface area contributed by atoms with Crippen molar-refractivity contribution >= 4 is 6.34 Å². The van der Waals surface area contributed by atoms with Crippen LogP contribution in [0.15, 0.2) is 109 Å². The second-order valence-corrected chi connectivity index (χ2v) is 5.60. The Labute approximate surface area is 150 Å². The van der Waals surface area contributed by atoms with Crippen LogP contribution in [0.3, 0.4) is 0 Å².